The van der Waals surface area contributed by atoms with Gasteiger partial charge in [-0.25, -0.2) is 8.42 Å². The van der Waals surface area contributed by atoms with Crippen molar-refractivity contribution in [3.63, 3.8) is 0 Å². The van der Waals surface area contributed by atoms with E-state index in [-0.39, 0.29) is 0 Å². The molecule has 138 valence electrons. The number of rotatable bonds is 4. The third kappa shape index (κ3) is 3.38. The van der Waals surface area contributed by atoms with Gasteiger partial charge in [0, 0.05) is 13.1 Å². The van der Waals surface area contributed by atoms with E-state index in [9.17, 15) is 8.42 Å². The monoisotopic (exact) mass is 370 g/mol. The molecule has 2 heterocycles. The van der Waals surface area contributed by atoms with Crippen LogP contribution in [0.2, 0.25) is 0 Å². The van der Waals surface area contributed by atoms with Crippen LogP contribution in [-0.2, 0) is 16.3 Å². The van der Waals surface area contributed by atoms with Crippen molar-refractivity contribution >= 4 is 15.5 Å². The molecule has 26 heavy (non-hydrogen) atoms. The minimum absolute atomic E-state index is 0.438. The minimum Gasteiger partial charge on any atom is -0.370 e. The summed E-state index contributed by atoms with van der Waals surface area (Å²) in [7, 11) is -3.49. The van der Waals surface area contributed by atoms with Crippen molar-refractivity contribution in [3.8, 4) is 0 Å². The lowest BCUT2D eigenvalue weighted by molar-refractivity contribution is 0.334. The molecule has 1 saturated heterocycles. The molecule has 2 aromatic rings. The Morgan fingerprint density at radius 2 is 1.50 bits per heavy atom. The summed E-state index contributed by atoms with van der Waals surface area (Å²) >= 11 is 0. The van der Waals surface area contributed by atoms with E-state index in [1.807, 2.05) is 36.4 Å². The highest BCUT2D eigenvalue weighted by molar-refractivity contribution is 7.91. The topological polar surface area (TPSA) is 40.6 Å². The van der Waals surface area contributed by atoms with Gasteiger partial charge in [-0.05, 0) is 69.1 Å². The van der Waals surface area contributed by atoms with Crippen LogP contribution in [0.4, 0.5) is 5.69 Å². The van der Waals surface area contributed by atoms with Crippen molar-refractivity contribution in [2.45, 2.75) is 35.5 Å². The fourth-order valence-electron chi connectivity index (χ4n) is 4.14. The highest BCUT2D eigenvalue weighted by atomic mass is 32.2. The van der Waals surface area contributed by atoms with E-state index in [4.69, 9.17) is 0 Å². The van der Waals surface area contributed by atoms with Gasteiger partial charge < -0.3 is 9.80 Å². The molecule has 2 aliphatic rings. The van der Waals surface area contributed by atoms with Gasteiger partial charge in [-0.2, -0.15) is 0 Å². The molecule has 2 aromatic carbocycles. The first-order chi connectivity index (χ1) is 12.7. The molecular formula is C21H26N2O2S. The molecule has 0 aliphatic carbocycles. The quantitative estimate of drug-likeness (QED) is 0.827. The molecule has 0 spiro atoms. The van der Waals surface area contributed by atoms with Gasteiger partial charge in [0.2, 0.25) is 9.84 Å². The first kappa shape index (κ1) is 17.6. The summed E-state index contributed by atoms with van der Waals surface area (Å²) in [5.74, 6) is 0. The second-order valence-electron chi connectivity index (χ2n) is 7.22. The van der Waals surface area contributed by atoms with Gasteiger partial charge in [0.15, 0.2) is 0 Å². The van der Waals surface area contributed by atoms with Gasteiger partial charge in [-0.3, -0.25) is 0 Å². The molecular weight excluding hydrogens is 344 g/mol. The van der Waals surface area contributed by atoms with Crippen molar-refractivity contribution in [1.82, 2.24) is 4.90 Å². The largest absolute Gasteiger partial charge is 0.370 e. The minimum atomic E-state index is -3.49. The van der Waals surface area contributed by atoms with Crippen LogP contribution in [0.1, 0.15) is 24.8 Å². The summed E-state index contributed by atoms with van der Waals surface area (Å²) in [6.45, 7) is 5.26. The molecule has 0 bridgehead atoms. The molecule has 0 amide bonds. The summed E-state index contributed by atoms with van der Waals surface area (Å²) in [4.78, 5) is 5.68. The average molecular weight is 371 g/mol. The van der Waals surface area contributed by atoms with Crippen LogP contribution in [0.25, 0.3) is 0 Å². The van der Waals surface area contributed by atoms with Gasteiger partial charge >= 0.3 is 0 Å². The number of para-hydroxylation sites is 1. The van der Waals surface area contributed by atoms with Gasteiger partial charge in [0.1, 0.15) is 0 Å². The number of likely N-dealkylation sites (tertiary alicyclic amines) is 1. The highest BCUT2D eigenvalue weighted by Crippen LogP contribution is 2.34. The van der Waals surface area contributed by atoms with E-state index >= 15 is 0 Å². The summed E-state index contributed by atoms with van der Waals surface area (Å²) in [5.41, 5.74) is 1.77. The SMILES string of the molecule is O=S1(=O)c2ccccc2CCN(CCCN2CCCC2)c2ccccc21. The second-order valence-corrected chi connectivity index (χ2v) is 9.10. The average Bonchev–Trinajstić information content (AvgIpc) is 3.17. The Labute approximate surface area is 156 Å². The summed E-state index contributed by atoms with van der Waals surface area (Å²) < 4.78 is 26.5. The van der Waals surface area contributed by atoms with Gasteiger partial charge in [-0.1, -0.05) is 30.3 Å². The molecule has 0 aromatic heterocycles. The molecule has 4 rings (SSSR count). The Hall–Kier alpha value is -1.85. The van der Waals surface area contributed by atoms with Crippen molar-refractivity contribution in [2.75, 3.05) is 37.6 Å². The van der Waals surface area contributed by atoms with Crippen LogP contribution in [0, 0.1) is 0 Å². The van der Waals surface area contributed by atoms with E-state index < -0.39 is 9.84 Å². The molecule has 5 heteroatoms. The number of hydrogen-bond donors (Lipinski definition) is 0. The van der Waals surface area contributed by atoms with Crippen LogP contribution in [0.5, 0.6) is 0 Å². The maximum absolute atomic E-state index is 13.3. The number of nitrogens with zero attached hydrogens (tertiary/aromatic N) is 2. The number of sulfone groups is 1. The van der Waals surface area contributed by atoms with Crippen molar-refractivity contribution < 1.29 is 8.42 Å². The Kier molecular flexibility index (Phi) is 5.00. The van der Waals surface area contributed by atoms with Crippen LogP contribution in [0.15, 0.2) is 58.3 Å². The van der Waals surface area contributed by atoms with Crippen molar-refractivity contribution in [1.29, 1.82) is 0 Å². The second kappa shape index (κ2) is 7.41. The maximum Gasteiger partial charge on any atom is 0.208 e. The number of anilines is 1. The molecule has 4 nitrogen and oxygen atoms in total. The molecule has 0 N–H and O–H groups in total. The Morgan fingerprint density at radius 3 is 2.31 bits per heavy atom. The molecule has 0 radical (unpaired) electrons. The van der Waals surface area contributed by atoms with Crippen LogP contribution in [0.3, 0.4) is 0 Å². The highest BCUT2D eigenvalue weighted by Gasteiger charge is 2.28. The van der Waals surface area contributed by atoms with Crippen LogP contribution >= 0.6 is 0 Å². The van der Waals surface area contributed by atoms with E-state index in [1.54, 1.807) is 12.1 Å². The zero-order chi connectivity index (χ0) is 18.0. The van der Waals surface area contributed by atoms with Gasteiger partial charge in [0.05, 0.1) is 15.5 Å². The third-order valence-electron chi connectivity index (χ3n) is 5.51. The van der Waals surface area contributed by atoms with Crippen molar-refractivity contribution in [2.24, 2.45) is 0 Å². The molecule has 2 aliphatic heterocycles. The summed E-state index contributed by atoms with van der Waals surface area (Å²) in [6.07, 6.45) is 4.44. The standard InChI is InChI=1S/C21H26N2O2S/c24-26(25)20-10-3-1-8-18(20)12-17-23(19-9-2-4-11-21(19)26)16-7-15-22-13-5-6-14-22/h1-4,8-11H,5-7,12-17H2. The lowest BCUT2D eigenvalue weighted by atomic mass is 10.1. The van der Waals surface area contributed by atoms with E-state index in [2.05, 4.69) is 9.80 Å². The molecule has 0 atom stereocenters. The van der Waals surface area contributed by atoms with E-state index in [0.717, 1.165) is 43.7 Å². The number of hydrogen-bond acceptors (Lipinski definition) is 4. The lowest BCUT2D eigenvalue weighted by Gasteiger charge is -2.30. The van der Waals surface area contributed by atoms with E-state index in [0.29, 0.717) is 9.79 Å². The first-order valence-corrected chi connectivity index (χ1v) is 11.0. The summed E-state index contributed by atoms with van der Waals surface area (Å²) in [6, 6.07) is 14.9. The fourth-order valence-corrected chi connectivity index (χ4v) is 5.88. The zero-order valence-electron chi connectivity index (χ0n) is 15.1. The fraction of sp³-hybridized carbons (Fsp3) is 0.429. The third-order valence-corrected chi connectivity index (χ3v) is 7.41. The maximum atomic E-state index is 13.3. The summed E-state index contributed by atoms with van der Waals surface area (Å²) in [5, 5.41) is 0. The predicted octanol–water partition coefficient (Wildman–Crippen LogP) is 3.37. The molecule has 0 unspecified atom stereocenters. The van der Waals surface area contributed by atoms with Crippen molar-refractivity contribution in [3.05, 3.63) is 54.1 Å². The smallest absolute Gasteiger partial charge is 0.208 e. The Balaban J connectivity index is 1.63. The normalized spacial score (nSPS) is 19.5. The van der Waals surface area contributed by atoms with Crippen LogP contribution < -0.4 is 4.90 Å². The van der Waals surface area contributed by atoms with E-state index in [1.165, 1.54) is 25.9 Å². The van der Waals surface area contributed by atoms with Gasteiger partial charge in [-0.15, -0.1) is 0 Å². The number of benzene rings is 2. The number of fused-ring (bicyclic) bond motifs is 2. The lowest BCUT2D eigenvalue weighted by Crippen LogP contribution is -2.32. The predicted molar refractivity (Wildman–Crippen MR) is 105 cm³/mol. The van der Waals surface area contributed by atoms with Crippen LogP contribution in [-0.4, -0.2) is 46.0 Å². The first-order valence-electron chi connectivity index (χ1n) is 9.55. The zero-order valence-corrected chi connectivity index (χ0v) is 15.9. The molecule has 1 fully saturated rings. The molecule has 0 saturated carbocycles. The Bertz CT molecular complexity index is 873. The Morgan fingerprint density at radius 1 is 0.808 bits per heavy atom. The van der Waals surface area contributed by atoms with Gasteiger partial charge in [0.25, 0.3) is 0 Å².